The first-order chi connectivity index (χ1) is 12.2. The lowest BCUT2D eigenvalue weighted by Gasteiger charge is -2.18. The Bertz CT molecular complexity index is 849. The number of pyridine rings is 1. The number of carbonyl (C=O) groups excluding carboxylic acids is 1. The van der Waals surface area contributed by atoms with Crippen molar-refractivity contribution in [2.24, 2.45) is 0 Å². The fourth-order valence-corrected chi connectivity index (χ4v) is 2.56. The van der Waals surface area contributed by atoms with Gasteiger partial charge in [-0.1, -0.05) is 30.3 Å². The maximum Gasteiger partial charge on any atom is 0.320 e. The van der Waals surface area contributed by atoms with Crippen LogP contribution in [-0.4, -0.2) is 42.0 Å². The highest BCUT2D eigenvalue weighted by molar-refractivity contribution is 5.94. The van der Waals surface area contributed by atoms with Gasteiger partial charge in [0.25, 0.3) is 0 Å². The van der Waals surface area contributed by atoms with Crippen LogP contribution in [0.3, 0.4) is 0 Å². The predicted molar refractivity (Wildman–Crippen MR) is 96.6 cm³/mol. The number of anilines is 2. The van der Waals surface area contributed by atoms with E-state index in [0.717, 1.165) is 16.5 Å². The first-order valence-corrected chi connectivity index (χ1v) is 7.84. The first-order valence-electron chi connectivity index (χ1n) is 7.84. The van der Waals surface area contributed by atoms with Gasteiger partial charge in [0.15, 0.2) is 5.82 Å². The van der Waals surface area contributed by atoms with Gasteiger partial charge in [0, 0.05) is 26.4 Å². The zero-order chi connectivity index (χ0) is 17.6. The van der Waals surface area contributed by atoms with E-state index >= 15 is 0 Å². The second-order valence-corrected chi connectivity index (χ2v) is 5.45. The molecule has 0 unspecified atom stereocenters. The van der Waals surface area contributed by atoms with Gasteiger partial charge < -0.3 is 15.4 Å². The molecular formula is C17H20N6O2. The average Bonchev–Trinajstić information content (AvgIpc) is 3.04. The molecule has 0 saturated carbocycles. The Morgan fingerprint density at radius 3 is 2.84 bits per heavy atom. The van der Waals surface area contributed by atoms with Crippen LogP contribution in [-0.2, 0) is 4.74 Å². The molecule has 0 bridgehead atoms. The number of urea groups is 1. The molecule has 2 amide bonds. The minimum Gasteiger partial charge on any atom is -0.382 e. The van der Waals surface area contributed by atoms with Gasteiger partial charge in [-0.3, -0.25) is 10.4 Å². The number of H-pyrrole nitrogens is 1. The molecule has 8 heteroatoms. The fraction of sp³-hybridized carbons (Fsp3) is 0.235. The molecule has 3 aromatic rings. The second kappa shape index (κ2) is 7.63. The highest BCUT2D eigenvalue weighted by atomic mass is 16.5. The number of nitrogens with one attached hydrogen (secondary N) is 4. The molecule has 130 valence electrons. The summed E-state index contributed by atoms with van der Waals surface area (Å²) in [6, 6.07) is 10.8. The molecule has 0 radical (unpaired) electrons. The normalized spacial score (nSPS) is 11.9. The topological polar surface area (TPSA) is 104 Å². The van der Waals surface area contributed by atoms with Crippen LogP contribution in [0.2, 0.25) is 0 Å². The Hall–Kier alpha value is -3.13. The third-order valence-corrected chi connectivity index (χ3v) is 3.77. The van der Waals surface area contributed by atoms with E-state index in [2.05, 4.69) is 31.1 Å². The Kier molecular flexibility index (Phi) is 5.10. The monoisotopic (exact) mass is 340 g/mol. The number of carbonyl (C=O) groups is 1. The molecule has 4 N–H and O–H groups in total. The van der Waals surface area contributed by atoms with Crippen LogP contribution in [0.15, 0.2) is 42.6 Å². The summed E-state index contributed by atoms with van der Waals surface area (Å²) in [5, 5.41) is 16.5. The lowest BCUT2D eigenvalue weighted by molar-refractivity contribution is 0.168. The maximum absolute atomic E-state index is 12.3. The van der Waals surface area contributed by atoms with Gasteiger partial charge in [0.1, 0.15) is 5.82 Å². The molecule has 1 atom stereocenters. The zero-order valence-electron chi connectivity index (χ0n) is 14.0. The highest BCUT2D eigenvalue weighted by Crippen LogP contribution is 2.21. The molecular weight excluding hydrogens is 320 g/mol. The van der Waals surface area contributed by atoms with Crippen molar-refractivity contribution >= 4 is 28.6 Å². The van der Waals surface area contributed by atoms with Gasteiger partial charge in [0.05, 0.1) is 23.6 Å². The van der Waals surface area contributed by atoms with Crippen molar-refractivity contribution in [3.63, 3.8) is 0 Å². The van der Waals surface area contributed by atoms with E-state index in [4.69, 9.17) is 4.74 Å². The predicted octanol–water partition coefficient (Wildman–Crippen LogP) is 2.51. The number of amides is 2. The molecule has 25 heavy (non-hydrogen) atoms. The summed E-state index contributed by atoms with van der Waals surface area (Å²) in [5.41, 5.74) is 1.75. The summed E-state index contributed by atoms with van der Waals surface area (Å²) in [5.74, 6) is 1.14. The van der Waals surface area contributed by atoms with Crippen LogP contribution in [0, 0.1) is 0 Å². The lowest BCUT2D eigenvalue weighted by Crippen LogP contribution is -2.35. The minimum atomic E-state index is -0.355. The van der Waals surface area contributed by atoms with Crippen molar-refractivity contribution in [1.29, 1.82) is 0 Å². The molecule has 0 aliphatic carbocycles. The summed E-state index contributed by atoms with van der Waals surface area (Å²) in [6.45, 7) is 0.371. The van der Waals surface area contributed by atoms with E-state index in [-0.39, 0.29) is 12.1 Å². The number of aromatic amines is 1. The molecule has 2 aromatic heterocycles. The molecule has 0 saturated heterocycles. The average molecular weight is 340 g/mol. The van der Waals surface area contributed by atoms with Gasteiger partial charge in [-0.25, -0.2) is 9.78 Å². The number of fused-ring (bicyclic) bond motifs is 1. The Labute approximate surface area is 145 Å². The summed E-state index contributed by atoms with van der Waals surface area (Å²) >= 11 is 0. The van der Waals surface area contributed by atoms with Crippen LogP contribution in [0.5, 0.6) is 0 Å². The standard InChI is InChI=1S/C17H20N6O2/c1-18-16-12-9-19-15(8-13(12)22-23-16)21-17(24)20-14(10-25-2)11-6-4-3-5-7-11/h3-9,14H,10H2,1-2H3,(H2,18,22,23)(H2,19,20,21,24)/t14-/m1/s1. The number of nitrogens with zero attached hydrogens (tertiary/aromatic N) is 2. The van der Waals surface area contributed by atoms with Crippen molar-refractivity contribution in [1.82, 2.24) is 20.5 Å². The lowest BCUT2D eigenvalue weighted by atomic mass is 10.1. The second-order valence-electron chi connectivity index (χ2n) is 5.45. The van der Waals surface area contributed by atoms with E-state index in [1.54, 1.807) is 26.4 Å². The summed E-state index contributed by atoms with van der Waals surface area (Å²) in [7, 11) is 3.39. The van der Waals surface area contributed by atoms with Gasteiger partial charge in [-0.05, 0) is 5.56 Å². The quantitative estimate of drug-likeness (QED) is 0.552. The smallest absolute Gasteiger partial charge is 0.320 e. The van der Waals surface area contributed by atoms with E-state index in [1.807, 2.05) is 30.3 Å². The number of ether oxygens (including phenoxy) is 1. The summed E-state index contributed by atoms with van der Waals surface area (Å²) in [6.07, 6.45) is 1.66. The van der Waals surface area contributed by atoms with Crippen LogP contribution in [0.4, 0.5) is 16.4 Å². The van der Waals surface area contributed by atoms with Gasteiger partial charge in [-0.15, -0.1) is 0 Å². The van der Waals surface area contributed by atoms with Gasteiger partial charge in [-0.2, -0.15) is 5.10 Å². The Morgan fingerprint density at radius 1 is 1.32 bits per heavy atom. The van der Waals surface area contributed by atoms with Crippen molar-refractivity contribution in [2.75, 3.05) is 31.4 Å². The molecule has 3 rings (SSSR count). The van der Waals surface area contributed by atoms with Crippen molar-refractivity contribution in [3.05, 3.63) is 48.2 Å². The highest BCUT2D eigenvalue weighted by Gasteiger charge is 2.15. The third-order valence-electron chi connectivity index (χ3n) is 3.77. The fourth-order valence-electron chi connectivity index (χ4n) is 2.56. The maximum atomic E-state index is 12.3. The largest absolute Gasteiger partial charge is 0.382 e. The van der Waals surface area contributed by atoms with Crippen LogP contribution < -0.4 is 16.0 Å². The van der Waals surface area contributed by atoms with Crippen LogP contribution >= 0.6 is 0 Å². The number of benzene rings is 1. The van der Waals surface area contributed by atoms with Crippen LogP contribution in [0.1, 0.15) is 11.6 Å². The van der Waals surface area contributed by atoms with E-state index in [1.165, 1.54) is 0 Å². The molecule has 2 heterocycles. The SMILES string of the molecule is CNc1n[nH]c2cc(NC(=O)N[C@H](COC)c3ccccc3)ncc12. The van der Waals surface area contributed by atoms with Crippen LogP contribution in [0.25, 0.3) is 10.9 Å². The minimum absolute atomic E-state index is 0.252. The molecule has 8 nitrogen and oxygen atoms in total. The number of methoxy groups -OCH3 is 1. The van der Waals surface area contributed by atoms with E-state index in [0.29, 0.717) is 18.2 Å². The number of hydrogen-bond donors (Lipinski definition) is 4. The van der Waals surface area contributed by atoms with Gasteiger partial charge >= 0.3 is 6.03 Å². The van der Waals surface area contributed by atoms with Crippen molar-refractivity contribution < 1.29 is 9.53 Å². The zero-order valence-corrected chi connectivity index (χ0v) is 14.0. The number of aromatic nitrogens is 3. The van der Waals surface area contributed by atoms with Crippen molar-refractivity contribution in [3.8, 4) is 0 Å². The summed E-state index contributed by atoms with van der Waals surface area (Å²) in [4.78, 5) is 16.6. The Balaban J connectivity index is 1.70. The van der Waals surface area contributed by atoms with Gasteiger partial charge in [0.2, 0.25) is 0 Å². The van der Waals surface area contributed by atoms with E-state index in [9.17, 15) is 4.79 Å². The number of rotatable bonds is 6. The Morgan fingerprint density at radius 2 is 2.12 bits per heavy atom. The molecule has 0 aliphatic rings. The first kappa shape index (κ1) is 16.7. The summed E-state index contributed by atoms with van der Waals surface area (Å²) < 4.78 is 5.20. The number of hydrogen-bond acceptors (Lipinski definition) is 5. The molecule has 0 fully saturated rings. The molecule has 0 spiro atoms. The van der Waals surface area contributed by atoms with Crippen molar-refractivity contribution in [2.45, 2.75) is 6.04 Å². The molecule has 1 aromatic carbocycles. The third kappa shape index (κ3) is 3.86. The van der Waals surface area contributed by atoms with E-state index < -0.39 is 0 Å². The molecule has 0 aliphatic heterocycles.